The van der Waals surface area contributed by atoms with Crippen molar-refractivity contribution in [3.63, 3.8) is 0 Å². The van der Waals surface area contributed by atoms with Crippen molar-refractivity contribution in [1.29, 1.82) is 0 Å². The maximum Gasteiger partial charge on any atom is 0.0725 e. The molecule has 0 saturated carbocycles. The number of nitrogens with zero attached hydrogens (tertiary/aromatic N) is 2. The van der Waals surface area contributed by atoms with Gasteiger partial charge in [-0.15, -0.1) is 0 Å². The highest BCUT2D eigenvalue weighted by molar-refractivity contribution is 6.21. The molecule has 0 saturated heterocycles. The van der Waals surface area contributed by atoms with Crippen molar-refractivity contribution < 1.29 is 0 Å². The van der Waals surface area contributed by atoms with E-state index in [1.807, 2.05) is 0 Å². The van der Waals surface area contributed by atoms with Gasteiger partial charge in [-0.3, -0.25) is 0 Å². The van der Waals surface area contributed by atoms with Crippen LogP contribution in [-0.4, -0.2) is 0 Å². The van der Waals surface area contributed by atoms with Crippen molar-refractivity contribution in [1.82, 2.24) is 0 Å². The molecule has 0 aromatic heterocycles. The molecule has 69 heavy (non-hydrogen) atoms. The number of hydrogen-bond acceptors (Lipinski definition) is 2. The lowest BCUT2D eigenvalue weighted by molar-refractivity contribution is 0.783. The van der Waals surface area contributed by atoms with Crippen LogP contribution in [0, 0.1) is 41.5 Å². The third kappa shape index (κ3) is 6.77. The summed E-state index contributed by atoms with van der Waals surface area (Å²) in [5.41, 5.74) is 21.4. The topological polar surface area (TPSA) is 6.48 Å². The number of benzene rings is 11. The van der Waals surface area contributed by atoms with Gasteiger partial charge in [-0.05, 0) is 201 Å². The molecule has 11 aromatic rings. The van der Waals surface area contributed by atoms with Crippen LogP contribution in [0.25, 0.3) is 43.4 Å². The van der Waals surface area contributed by atoms with Crippen molar-refractivity contribution >= 4 is 66.4 Å². The lowest BCUT2D eigenvalue weighted by Gasteiger charge is -2.36. The fourth-order valence-corrected chi connectivity index (χ4v) is 11.9. The molecule has 2 nitrogen and oxygen atoms in total. The molecule has 0 atom stereocenters. The van der Waals surface area contributed by atoms with E-state index < -0.39 is 5.41 Å². The predicted octanol–water partition coefficient (Wildman–Crippen LogP) is 18.3. The number of hydrogen-bond donors (Lipinski definition) is 0. The molecule has 0 fully saturated rings. The average Bonchev–Trinajstić information content (AvgIpc) is 3.68. The second-order valence-corrected chi connectivity index (χ2v) is 19.3. The van der Waals surface area contributed by atoms with E-state index in [1.165, 1.54) is 110 Å². The molecule has 0 heterocycles. The number of fused-ring (bicyclic) bond motifs is 10. The average molecular weight is 887 g/mol. The van der Waals surface area contributed by atoms with E-state index in [0.29, 0.717) is 0 Å². The summed E-state index contributed by atoms with van der Waals surface area (Å²) in [6, 6.07) is 82.2. The molecule has 12 rings (SSSR count). The zero-order chi connectivity index (χ0) is 47.0. The number of para-hydroxylation sites is 2. The zero-order valence-electron chi connectivity index (χ0n) is 40.2. The van der Waals surface area contributed by atoms with E-state index in [1.54, 1.807) is 0 Å². The summed E-state index contributed by atoms with van der Waals surface area (Å²) < 4.78 is 0. The van der Waals surface area contributed by atoms with Gasteiger partial charge in [0.25, 0.3) is 0 Å². The van der Waals surface area contributed by atoms with Crippen LogP contribution in [0.4, 0.5) is 34.1 Å². The van der Waals surface area contributed by atoms with Crippen molar-refractivity contribution in [2.24, 2.45) is 0 Å². The summed E-state index contributed by atoms with van der Waals surface area (Å²) in [4.78, 5) is 4.89. The molecule has 1 aliphatic rings. The smallest absolute Gasteiger partial charge is 0.0725 e. The summed E-state index contributed by atoms with van der Waals surface area (Å²) in [6.45, 7) is 13.2. The monoisotopic (exact) mass is 886 g/mol. The molecule has 332 valence electrons. The predicted molar refractivity (Wildman–Crippen MR) is 294 cm³/mol. The Kier molecular flexibility index (Phi) is 10.1. The fourth-order valence-electron chi connectivity index (χ4n) is 11.9. The standard InChI is InChI=1S/C67H54N2/c1-43-35-44(2)38-54(37-43)68(62-27-17-13-19-47(62)5)52-30-33-56-49(41-52)29-32-60-64-58-26-16-15-25-57(58)61-42-53(69(63-28-18-14-20-48(63)6)55-39-45(3)36-46(4)40-55)31-34-59(61)66(64)67(65(56)60,50-21-9-7-10-22-50)51-23-11-8-12-24-51/h7-42H,1-6H3. The van der Waals surface area contributed by atoms with Crippen molar-refractivity contribution in [2.45, 2.75) is 47.0 Å². The molecule has 11 aromatic carbocycles. The normalized spacial score (nSPS) is 12.6. The van der Waals surface area contributed by atoms with Crippen molar-refractivity contribution in [3.8, 4) is 11.1 Å². The highest BCUT2D eigenvalue weighted by Crippen LogP contribution is 2.62. The van der Waals surface area contributed by atoms with Gasteiger partial charge in [-0.25, -0.2) is 0 Å². The molecule has 0 spiro atoms. The van der Waals surface area contributed by atoms with Crippen LogP contribution in [0.1, 0.15) is 55.6 Å². The van der Waals surface area contributed by atoms with Gasteiger partial charge < -0.3 is 9.80 Å². The molecule has 0 radical (unpaired) electrons. The van der Waals surface area contributed by atoms with Gasteiger partial charge in [-0.2, -0.15) is 0 Å². The number of rotatable bonds is 8. The first-order chi connectivity index (χ1) is 33.7. The summed E-state index contributed by atoms with van der Waals surface area (Å²) in [6.07, 6.45) is 0. The number of aryl methyl sites for hydroxylation is 6. The van der Waals surface area contributed by atoms with E-state index >= 15 is 0 Å². The maximum atomic E-state index is 2.46. The van der Waals surface area contributed by atoms with E-state index in [2.05, 4.69) is 270 Å². The van der Waals surface area contributed by atoms with Crippen LogP contribution < -0.4 is 9.80 Å². The molecule has 0 aliphatic heterocycles. The molecular formula is C67H54N2. The van der Waals surface area contributed by atoms with Gasteiger partial charge in [0.2, 0.25) is 0 Å². The van der Waals surface area contributed by atoms with Crippen molar-refractivity contribution in [3.05, 3.63) is 274 Å². The van der Waals surface area contributed by atoms with Crippen LogP contribution in [-0.2, 0) is 5.41 Å². The largest absolute Gasteiger partial charge is 0.310 e. The molecular weight excluding hydrogens is 833 g/mol. The molecule has 0 N–H and O–H groups in total. The van der Waals surface area contributed by atoms with Crippen molar-refractivity contribution in [2.75, 3.05) is 9.80 Å². The lowest BCUT2D eigenvalue weighted by Crippen LogP contribution is -2.29. The Labute approximate surface area is 406 Å². The maximum absolute atomic E-state index is 2.46. The van der Waals surface area contributed by atoms with E-state index in [9.17, 15) is 0 Å². The van der Waals surface area contributed by atoms with Gasteiger partial charge >= 0.3 is 0 Å². The van der Waals surface area contributed by atoms with Gasteiger partial charge in [0.1, 0.15) is 0 Å². The second-order valence-electron chi connectivity index (χ2n) is 19.3. The van der Waals surface area contributed by atoms with Crippen LogP contribution >= 0.6 is 0 Å². The Morgan fingerprint density at radius 2 is 0.768 bits per heavy atom. The van der Waals surface area contributed by atoms with Gasteiger partial charge in [0.15, 0.2) is 0 Å². The summed E-state index contributed by atoms with van der Waals surface area (Å²) in [5, 5.41) is 7.46. The quantitative estimate of drug-likeness (QED) is 0.140. The number of anilines is 6. The molecule has 2 heteroatoms. The van der Waals surface area contributed by atoms with Gasteiger partial charge in [0, 0.05) is 34.1 Å². The van der Waals surface area contributed by atoms with Crippen LogP contribution in [0.15, 0.2) is 218 Å². The summed E-state index contributed by atoms with van der Waals surface area (Å²) >= 11 is 0. The third-order valence-corrected chi connectivity index (χ3v) is 14.6. The first kappa shape index (κ1) is 42.2. The zero-order valence-corrected chi connectivity index (χ0v) is 40.2. The lowest BCUT2D eigenvalue weighted by atomic mass is 9.65. The Morgan fingerprint density at radius 3 is 1.30 bits per heavy atom. The molecule has 1 aliphatic carbocycles. The van der Waals surface area contributed by atoms with Crippen LogP contribution in [0.3, 0.4) is 0 Å². The van der Waals surface area contributed by atoms with Gasteiger partial charge in [0.05, 0.1) is 5.41 Å². The van der Waals surface area contributed by atoms with Crippen LogP contribution in [0.5, 0.6) is 0 Å². The Balaban J connectivity index is 1.18. The minimum absolute atomic E-state index is 0.662. The first-order valence-electron chi connectivity index (χ1n) is 24.2. The van der Waals surface area contributed by atoms with E-state index in [0.717, 1.165) is 22.7 Å². The SMILES string of the molecule is Cc1cc(C)cc(N(c2ccc3c4c(ccc3c2)-c2c(c3ccc(N(c5cc(C)cc(C)c5)c5ccccc5C)cc3c3ccccc23)C4(c2ccccc2)c2ccccc2)c2ccccc2C)c1. The Morgan fingerprint density at radius 1 is 0.304 bits per heavy atom. The van der Waals surface area contributed by atoms with Crippen LogP contribution in [0.2, 0.25) is 0 Å². The molecule has 0 unspecified atom stereocenters. The third-order valence-electron chi connectivity index (χ3n) is 14.6. The second kappa shape index (κ2) is 16.5. The van der Waals surface area contributed by atoms with Gasteiger partial charge in [-0.1, -0.05) is 158 Å². The molecule has 0 amide bonds. The Hall–Kier alpha value is -8.20. The molecule has 0 bridgehead atoms. The first-order valence-corrected chi connectivity index (χ1v) is 24.2. The minimum atomic E-state index is -0.662. The highest BCUT2D eigenvalue weighted by Gasteiger charge is 2.49. The fraction of sp³-hybridized carbons (Fsp3) is 0.104. The summed E-state index contributed by atoms with van der Waals surface area (Å²) in [5.74, 6) is 0. The Bertz CT molecular complexity index is 3730. The van der Waals surface area contributed by atoms with E-state index in [-0.39, 0.29) is 0 Å². The minimum Gasteiger partial charge on any atom is -0.310 e. The summed E-state index contributed by atoms with van der Waals surface area (Å²) in [7, 11) is 0. The highest BCUT2D eigenvalue weighted by atomic mass is 15.1. The van der Waals surface area contributed by atoms with E-state index in [4.69, 9.17) is 0 Å².